The summed E-state index contributed by atoms with van der Waals surface area (Å²) >= 11 is 0. The summed E-state index contributed by atoms with van der Waals surface area (Å²) in [6, 6.07) is 0.971. The second kappa shape index (κ2) is 11.0. The van der Waals surface area contributed by atoms with Crippen LogP contribution in [0.3, 0.4) is 0 Å². The molecule has 42 heavy (non-hydrogen) atoms. The first-order valence-corrected chi connectivity index (χ1v) is 15.1. The molecule has 0 saturated heterocycles. The molecule has 3 aromatic heterocycles. The summed E-state index contributed by atoms with van der Waals surface area (Å²) in [5.74, 6) is -0.452. The van der Waals surface area contributed by atoms with E-state index < -0.39 is 34.3 Å². The molecule has 0 radical (unpaired) electrons. The Bertz CT molecular complexity index is 1670. The van der Waals surface area contributed by atoms with E-state index in [2.05, 4.69) is 35.2 Å². The molecule has 2 N–H and O–H groups in total. The third-order valence-electron chi connectivity index (χ3n) is 7.28. The molecule has 3 aromatic rings. The number of anilines is 1. The van der Waals surface area contributed by atoms with Crippen LogP contribution in [0.2, 0.25) is 0 Å². The quantitative estimate of drug-likeness (QED) is 0.394. The van der Waals surface area contributed by atoms with Crippen LogP contribution in [0.25, 0.3) is 11.4 Å². The first kappa shape index (κ1) is 29.5. The highest BCUT2D eigenvalue weighted by Gasteiger charge is 2.45. The standard InChI is InChI=1S/C27H30F3N9O2S/c1-5-42(31,41)19-9-8-18(32-12-19)11-33-20-10-21(40)39(16(4)27(28,29)30)26-23(37-20)15(3)36-25(38-26)22-14(2)34-13-35-24(22)17-6-7-17/h8-9,12-13,16-17,31H,5-7,10-11H2,1-4H3,(H,33,37)/t16-,42?/m0/s1. The van der Waals surface area contributed by atoms with Gasteiger partial charge in [0.15, 0.2) is 11.6 Å². The lowest BCUT2D eigenvalue weighted by molar-refractivity contribution is -0.150. The van der Waals surface area contributed by atoms with E-state index in [1.165, 1.54) is 12.5 Å². The topological polar surface area (TPSA) is 150 Å². The molecule has 1 fully saturated rings. The van der Waals surface area contributed by atoms with Crippen LogP contribution in [-0.2, 0) is 21.1 Å². The smallest absolute Gasteiger partial charge is 0.367 e. The molecule has 4 heterocycles. The van der Waals surface area contributed by atoms with Gasteiger partial charge < -0.3 is 5.32 Å². The predicted molar refractivity (Wildman–Crippen MR) is 150 cm³/mol. The highest BCUT2D eigenvalue weighted by Crippen LogP contribution is 2.45. The Hall–Kier alpha value is -4.01. The molecule has 1 aliphatic heterocycles. The van der Waals surface area contributed by atoms with Crippen LogP contribution in [0.1, 0.15) is 61.8 Å². The molecular weight excluding hydrogens is 571 g/mol. The highest BCUT2D eigenvalue weighted by molar-refractivity contribution is 7.92. The van der Waals surface area contributed by atoms with Crippen molar-refractivity contribution >= 4 is 33.0 Å². The molecule has 0 aromatic carbocycles. The number of aliphatic imine (C=N–C) groups is 1. The van der Waals surface area contributed by atoms with Crippen molar-refractivity contribution in [1.82, 2.24) is 30.2 Å². The molecule has 2 atom stereocenters. The molecule has 11 nitrogen and oxygen atoms in total. The summed E-state index contributed by atoms with van der Waals surface area (Å²) in [6.45, 7) is 6.03. The average molecular weight is 602 g/mol. The van der Waals surface area contributed by atoms with E-state index in [-0.39, 0.29) is 41.4 Å². The van der Waals surface area contributed by atoms with Crippen molar-refractivity contribution in [3.63, 3.8) is 0 Å². The van der Waals surface area contributed by atoms with Gasteiger partial charge in [0.05, 0.1) is 55.9 Å². The number of amidine groups is 1. The van der Waals surface area contributed by atoms with Crippen LogP contribution in [-0.4, -0.2) is 58.8 Å². The van der Waals surface area contributed by atoms with Crippen LogP contribution in [0.4, 0.5) is 24.7 Å². The lowest BCUT2D eigenvalue weighted by Gasteiger charge is -2.30. The minimum atomic E-state index is -4.73. The largest absolute Gasteiger partial charge is 0.409 e. The Balaban J connectivity index is 1.55. The number of pyridine rings is 1. The van der Waals surface area contributed by atoms with Crippen LogP contribution in [0.15, 0.2) is 34.5 Å². The van der Waals surface area contributed by atoms with Crippen LogP contribution < -0.4 is 10.2 Å². The maximum absolute atomic E-state index is 14.1. The van der Waals surface area contributed by atoms with E-state index in [0.717, 1.165) is 25.5 Å². The summed E-state index contributed by atoms with van der Waals surface area (Å²) < 4.78 is 62.4. The second-order valence-corrected chi connectivity index (χ2v) is 12.7. The van der Waals surface area contributed by atoms with Gasteiger partial charge in [0.25, 0.3) is 0 Å². The number of carbonyl (C=O) groups is 1. The number of hydrogen-bond acceptors (Lipinski definition) is 10. The van der Waals surface area contributed by atoms with Gasteiger partial charge in [-0.2, -0.15) is 13.2 Å². The molecule has 1 unspecified atom stereocenters. The third kappa shape index (κ3) is 5.82. The number of alkyl halides is 3. The van der Waals surface area contributed by atoms with E-state index in [9.17, 15) is 22.2 Å². The number of halogens is 3. The minimum Gasteiger partial charge on any atom is -0.367 e. The van der Waals surface area contributed by atoms with Gasteiger partial charge >= 0.3 is 6.18 Å². The number of rotatable bonds is 7. The Kier molecular flexibility index (Phi) is 7.72. The van der Waals surface area contributed by atoms with Crippen molar-refractivity contribution in [2.75, 3.05) is 10.7 Å². The summed E-state index contributed by atoms with van der Waals surface area (Å²) in [5, 5.41) is 3.00. The zero-order valence-electron chi connectivity index (χ0n) is 23.5. The lowest BCUT2D eigenvalue weighted by atomic mass is 10.1. The molecule has 0 bridgehead atoms. The van der Waals surface area contributed by atoms with Gasteiger partial charge in [0.2, 0.25) is 5.91 Å². The number of aryl methyl sites for hydroxylation is 2. The highest BCUT2D eigenvalue weighted by atomic mass is 32.2. The van der Waals surface area contributed by atoms with E-state index in [0.29, 0.717) is 32.4 Å². The molecule has 1 saturated carbocycles. The fraction of sp³-hybridized carbons (Fsp3) is 0.444. The molecular formula is C27H30F3N9O2S. The predicted octanol–water partition coefficient (Wildman–Crippen LogP) is 4.76. The number of aromatic nitrogens is 5. The Morgan fingerprint density at radius 2 is 1.88 bits per heavy atom. The second-order valence-electron chi connectivity index (χ2n) is 10.3. The van der Waals surface area contributed by atoms with Gasteiger partial charge in [-0.1, -0.05) is 6.92 Å². The van der Waals surface area contributed by atoms with E-state index in [1.54, 1.807) is 32.9 Å². The molecule has 222 valence electrons. The third-order valence-corrected chi connectivity index (χ3v) is 9.09. The summed E-state index contributed by atoms with van der Waals surface area (Å²) in [5.41, 5.74) is 2.72. The van der Waals surface area contributed by atoms with Gasteiger partial charge in [0, 0.05) is 17.9 Å². The maximum atomic E-state index is 14.1. The zero-order valence-corrected chi connectivity index (χ0v) is 24.3. The Morgan fingerprint density at radius 1 is 1.14 bits per heavy atom. The van der Waals surface area contributed by atoms with Crippen LogP contribution in [0, 0.1) is 18.6 Å². The molecule has 1 aliphatic carbocycles. The van der Waals surface area contributed by atoms with E-state index in [1.807, 2.05) is 0 Å². The molecule has 1 amide bonds. The van der Waals surface area contributed by atoms with Gasteiger partial charge in [-0.3, -0.25) is 14.7 Å². The number of nitrogens with one attached hydrogen (secondary N) is 2. The van der Waals surface area contributed by atoms with Gasteiger partial charge in [-0.25, -0.2) is 33.9 Å². The Labute approximate surface area is 241 Å². The van der Waals surface area contributed by atoms with Crippen molar-refractivity contribution in [2.24, 2.45) is 4.99 Å². The first-order valence-electron chi connectivity index (χ1n) is 13.4. The van der Waals surface area contributed by atoms with Crippen molar-refractivity contribution in [2.45, 2.75) is 76.5 Å². The molecule has 15 heteroatoms. The lowest BCUT2D eigenvalue weighted by Crippen LogP contribution is -2.48. The zero-order chi connectivity index (χ0) is 30.4. The van der Waals surface area contributed by atoms with Crippen molar-refractivity contribution < 1.29 is 22.2 Å². The fourth-order valence-electron chi connectivity index (χ4n) is 4.64. The van der Waals surface area contributed by atoms with E-state index in [4.69, 9.17) is 4.78 Å². The maximum Gasteiger partial charge on any atom is 0.409 e. The monoisotopic (exact) mass is 601 g/mol. The molecule has 5 rings (SSSR count). The summed E-state index contributed by atoms with van der Waals surface area (Å²) in [4.78, 5) is 40.9. The number of nitrogens with zero attached hydrogens (tertiary/aromatic N) is 7. The van der Waals surface area contributed by atoms with Gasteiger partial charge in [-0.05, 0) is 45.7 Å². The minimum absolute atomic E-state index is 0.0471. The van der Waals surface area contributed by atoms with Gasteiger partial charge in [0.1, 0.15) is 23.9 Å². The summed E-state index contributed by atoms with van der Waals surface area (Å²) in [7, 11) is -2.93. The number of amides is 1. The number of hydrogen-bond donors (Lipinski definition) is 2. The number of fused-ring (bicyclic) bond motifs is 1. The van der Waals surface area contributed by atoms with Crippen molar-refractivity contribution in [3.8, 4) is 11.4 Å². The van der Waals surface area contributed by atoms with Gasteiger partial charge in [-0.15, -0.1) is 0 Å². The van der Waals surface area contributed by atoms with Crippen molar-refractivity contribution in [1.29, 1.82) is 4.78 Å². The molecule has 2 aliphatic rings. The van der Waals surface area contributed by atoms with Crippen LogP contribution >= 0.6 is 0 Å². The first-order chi connectivity index (χ1) is 19.8. The SMILES string of the molecule is CCS(=N)(=O)c1ccc(CNC2=Nc3c(C)nc(-c4c(C)ncnc4C4CC4)nc3N([C@@H](C)C(F)(F)F)C(=O)C2)nc1. The normalized spacial score (nSPS) is 17.6. The van der Waals surface area contributed by atoms with Crippen molar-refractivity contribution in [3.05, 3.63) is 47.4 Å². The molecule has 0 spiro atoms. The summed E-state index contributed by atoms with van der Waals surface area (Å²) in [6.07, 6.45) is -0.496. The number of carbonyl (C=O) groups excluding carboxylic acids is 1. The fourth-order valence-corrected chi connectivity index (χ4v) is 5.48. The Morgan fingerprint density at radius 3 is 2.50 bits per heavy atom. The average Bonchev–Trinajstić information content (AvgIpc) is 3.79. The van der Waals surface area contributed by atoms with Crippen LogP contribution in [0.5, 0.6) is 0 Å². The van der Waals surface area contributed by atoms with E-state index >= 15 is 0 Å².